The maximum atomic E-state index is 12.9. The highest BCUT2D eigenvalue weighted by atomic mass is 16.6. The topological polar surface area (TPSA) is 78.9 Å². The van der Waals surface area contributed by atoms with Crippen molar-refractivity contribution in [3.63, 3.8) is 0 Å². The Bertz CT molecular complexity index is 1570. The summed E-state index contributed by atoms with van der Waals surface area (Å²) in [5.74, 6) is -0.887. The molecule has 446 valence electrons. The quantitative estimate of drug-likeness (QED) is 0.0261. The molecule has 0 saturated heterocycles. The van der Waals surface area contributed by atoms with Gasteiger partial charge in [-0.1, -0.05) is 297 Å². The average molecular weight is 1080 g/mol. The molecular weight excluding hydrogens is 961 g/mol. The molecule has 0 fully saturated rings. The fourth-order valence-corrected chi connectivity index (χ4v) is 9.17. The van der Waals surface area contributed by atoms with Gasteiger partial charge in [-0.25, -0.2) is 0 Å². The highest BCUT2D eigenvalue weighted by Gasteiger charge is 2.19. The summed E-state index contributed by atoms with van der Waals surface area (Å²) in [7, 11) is 0. The highest BCUT2D eigenvalue weighted by molar-refractivity contribution is 5.71. The van der Waals surface area contributed by atoms with Gasteiger partial charge in [0, 0.05) is 19.3 Å². The fourth-order valence-electron chi connectivity index (χ4n) is 9.17. The van der Waals surface area contributed by atoms with Crippen molar-refractivity contribution in [2.45, 2.75) is 316 Å². The van der Waals surface area contributed by atoms with Crippen molar-refractivity contribution in [1.82, 2.24) is 0 Å². The van der Waals surface area contributed by atoms with E-state index in [0.29, 0.717) is 19.3 Å². The van der Waals surface area contributed by atoms with Gasteiger partial charge < -0.3 is 14.2 Å². The minimum atomic E-state index is -0.785. The van der Waals surface area contributed by atoms with E-state index < -0.39 is 6.10 Å². The molecule has 0 aromatic carbocycles. The number of hydrogen-bond acceptors (Lipinski definition) is 6. The lowest BCUT2D eigenvalue weighted by Crippen LogP contribution is -2.30. The molecule has 0 aromatic rings. The molecule has 1 atom stereocenters. The van der Waals surface area contributed by atoms with Crippen LogP contribution in [0.2, 0.25) is 0 Å². The molecule has 1 unspecified atom stereocenters. The molecule has 0 heterocycles. The summed E-state index contributed by atoms with van der Waals surface area (Å²) in [5, 5.41) is 0. The Morgan fingerprint density at radius 2 is 0.500 bits per heavy atom. The molecule has 0 aliphatic rings. The first kappa shape index (κ1) is 74.1. The summed E-state index contributed by atoms with van der Waals surface area (Å²) in [5.41, 5.74) is 0. The van der Waals surface area contributed by atoms with Gasteiger partial charge in [0.2, 0.25) is 0 Å². The van der Waals surface area contributed by atoms with E-state index in [1.54, 1.807) is 0 Å². The van der Waals surface area contributed by atoms with Gasteiger partial charge in [-0.2, -0.15) is 0 Å². The van der Waals surface area contributed by atoms with E-state index in [0.717, 1.165) is 128 Å². The van der Waals surface area contributed by atoms with Gasteiger partial charge in [0.05, 0.1) is 0 Å². The molecule has 0 spiro atoms. The van der Waals surface area contributed by atoms with Crippen molar-refractivity contribution < 1.29 is 28.6 Å². The van der Waals surface area contributed by atoms with Crippen molar-refractivity contribution in [3.05, 3.63) is 109 Å². The van der Waals surface area contributed by atoms with Gasteiger partial charge in [0.15, 0.2) is 6.10 Å². The predicted octanol–water partition coefficient (Wildman–Crippen LogP) is 22.6. The van der Waals surface area contributed by atoms with Crippen LogP contribution in [0.4, 0.5) is 0 Å². The van der Waals surface area contributed by atoms with E-state index in [2.05, 4.69) is 130 Å². The highest BCUT2D eigenvalue weighted by Crippen LogP contribution is 2.17. The van der Waals surface area contributed by atoms with Crippen LogP contribution in [0.3, 0.4) is 0 Å². The molecule has 0 N–H and O–H groups in total. The summed E-state index contributed by atoms with van der Waals surface area (Å²) in [4.78, 5) is 38.2. The number of unbranched alkanes of at least 4 members (excludes halogenated alkanes) is 30. The minimum absolute atomic E-state index is 0.0810. The van der Waals surface area contributed by atoms with E-state index in [-0.39, 0.29) is 31.1 Å². The third-order valence-electron chi connectivity index (χ3n) is 14.0. The van der Waals surface area contributed by atoms with E-state index in [9.17, 15) is 14.4 Å². The third kappa shape index (κ3) is 62.9. The predicted molar refractivity (Wildman–Crippen MR) is 339 cm³/mol. The number of carbonyl (C=O) groups excluding carboxylic acids is 3. The molecular formula is C72H122O6. The van der Waals surface area contributed by atoms with Gasteiger partial charge in [-0.15, -0.1) is 0 Å². The Kier molecular flexibility index (Phi) is 62.3. The Balaban J connectivity index is 4.19. The number of allylic oxidation sites excluding steroid dienone is 18. The van der Waals surface area contributed by atoms with Crippen LogP contribution in [0.15, 0.2) is 109 Å². The van der Waals surface area contributed by atoms with E-state index in [1.165, 1.54) is 141 Å². The van der Waals surface area contributed by atoms with Crippen molar-refractivity contribution >= 4 is 17.9 Å². The van der Waals surface area contributed by atoms with E-state index in [1.807, 2.05) is 0 Å². The number of hydrogen-bond donors (Lipinski definition) is 0. The maximum Gasteiger partial charge on any atom is 0.306 e. The molecule has 0 rings (SSSR count). The Labute approximate surface area is 482 Å². The largest absolute Gasteiger partial charge is 0.462 e. The smallest absolute Gasteiger partial charge is 0.306 e. The molecule has 6 heteroatoms. The van der Waals surface area contributed by atoms with Crippen LogP contribution in [0.1, 0.15) is 310 Å². The Morgan fingerprint density at radius 1 is 0.269 bits per heavy atom. The Morgan fingerprint density at radius 3 is 0.782 bits per heavy atom. The molecule has 0 saturated carbocycles. The van der Waals surface area contributed by atoms with E-state index in [4.69, 9.17) is 14.2 Å². The number of carbonyl (C=O) groups is 3. The summed E-state index contributed by atoms with van der Waals surface area (Å²) >= 11 is 0. The lowest BCUT2D eigenvalue weighted by molar-refractivity contribution is -0.167. The zero-order valence-electron chi connectivity index (χ0n) is 51.2. The average Bonchev–Trinajstić information content (AvgIpc) is 3.44. The molecule has 0 bridgehead atoms. The number of rotatable bonds is 59. The van der Waals surface area contributed by atoms with Crippen molar-refractivity contribution in [3.8, 4) is 0 Å². The molecule has 0 aromatic heterocycles. The lowest BCUT2D eigenvalue weighted by atomic mass is 10.0. The zero-order chi connectivity index (χ0) is 56.4. The molecule has 0 radical (unpaired) electrons. The second kappa shape index (κ2) is 65.6. The van der Waals surface area contributed by atoms with Crippen LogP contribution in [-0.2, 0) is 28.6 Å². The Hall–Kier alpha value is -3.93. The number of ether oxygens (including phenoxy) is 3. The van der Waals surface area contributed by atoms with Gasteiger partial charge in [-0.05, 0) is 103 Å². The molecule has 0 amide bonds. The van der Waals surface area contributed by atoms with Gasteiger partial charge in [0.1, 0.15) is 13.2 Å². The van der Waals surface area contributed by atoms with Crippen molar-refractivity contribution in [2.24, 2.45) is 0 Å². The molecule has 6 nitrogen and oxygen atoms in total. The first-order chi connectivity index (χ1) is 38.5. The minimum Gasteiger partial charge on any atom is -0.462 e. The monoisotopic (exact) mass is 1080 g/mol. The SMILES string of the molecule is CC/C=C\C/C=C\C/C=C\C/C=C\C/C=C\CCCCCCCCCCCCCCCCCC(=O)OCC(COC(=O)CCCCCCCCCCCC)OC(=O)CCCCCCCC/C=C\C/C=C\C/C=C\C/C=C\CC. The van der Waals surface area contributed by atoms with Crippen LogP contribution < -0.4 is 0 Å². The van der Waals surface area contributed by atoms with Gasteiger partial charge in [0.25, 0.3) is 0 Å². The van der Waals surface area contributed by atoms with Gasteiger partial charge >= 0.3 is 17.9 Å². The van der Waals surface area contributed by atoms with Crippen LogP contribution in [-0.4, -0.2) is 37.2 Å². The van der Waals surface area contributed by atoms with Crippen molar-refractivity contribution in [2.75, 3.05) is 13.2 Å². The van der Waals surface area contributed by atoms with Crippen LogP contribution in [0, 0.1) is 0 Å². The second-order valence-corrected chi connectivity index (χ2v) is 21.6. The molecule has 78 heavy (non-hydrogen) atoms. The van der Waals surface area contributed by atoms with Crippen LogP contribution >= 0.6 is 0 Å². The van der Waals surface area contributed by atoms with Crippen molar-refractivity contribution in [1.29, 1.82) is 0 Å². The first-order valence-electron chi connectivity index (χ1n) is 32.9. The second-order valence-electron chi connectivity index (χ2n) is 21.6. The maximum absolute atomic E-state index is 12.9. The normalized spacial score (nSPS) is 12.8. The number of esters is 3. The summed E-state index contributed by atoms with van der Waals surface area (Å²) < 4.78 is 16.9. The summed E-state index contributed by atoms with van der Waals surface area (Å²) in [6, 6.07) is 0. The zero-order valence-corrected chi connectivity index (χ0v) is 51.2. The lowest BCUT2D eigenvalue weighted by Gasteiger charge is -2.18. The standard InChI is InChI=1S/C72H122O6/c1-4-7-10-13-16-19-22-24-26-28-30-31-32-33-34-35-36-37-38-39-40-41-43-44-46-48-50-53-56-59-62-65-71(74)77-68-69(67-76-70(73)64-61-58-55-52-21-18-15-12-9-6-3)78-72(75)66-63-60-57-54-51-49-47-45-42-29-27-25-23-20-17-14-11-8-5-2/h7-8,10-11,16-17,19-20,24-27,30-31,33-34,42,45,69H,4-6,9,12-15,18,21-23,28-29,32,35-41,43-44,46-68H2,1-3H3/b10-7-,11-8-,19-16-,20-17-,26-24-,27-25-,31-30-,34-33-,45-42-. The van der Waals surface area contributed by atoms with E-state index >= 15 is 0 Å². The van der Waals surface area contributed by atoms with Crippen LogP contribution in [0.5, 0.6) is 0 Å². The first-order valence-corrected chi connectivity index (χ1v) is 32.9. The van der Waals surface area contributed by atoms with Gasteiger partial charge in [-0.3, -0.25) is 14.4 Å². The summed E-state index contributed by atoms with van der Waals surface area (Å²) in [6.07, 6.45) is 89.7. The summed E-state index contributed by atoms with van der Waals surface area (Å²) in [6.45, 7) is 6.41. The molecule has 0 aliphatic heterocycles. The third-order valence-corrected chi connectivity index (χ3v) is 14.0. The van der Waals surface area contributed by atoms with Crippen LogP contribution in [0.25, 0.3) is 0 Å². The fraction of sp³-hybridized carbons (Fsp3) is 0.708. The molecule has 0 aliphatic carbocycles.